The number of nitrogens with two attached hydrogens (primary N) is 1. The van der Waals surface area contributed by atoms with Crippen LogP contribution >= 0.6 is 0 Å². The number of hydrogen-bond donors (Lipinski definition) is 3. The normalized spacial score (nSPS) is 13.3. The van der Waals surface area contributed by atoms with Crippen molar-refractivity contribution in [2.45, 2.75) is 25.0 Å². The number of aliphatic carboxylic acids is 2. The summed E-state index contributed by atoms with van der Waals surface area (Å²) in [4.78, 5) is 22.0. The van der Waals surface area contributed by atoms with Crippen LogP contribution in [0.4, 0.5) is 0 Å². The van der Waals surface area contributed by atoms with E-state index in [1.165, 1.54) is 0 Å². The number of carboxylic acid groups (broad SMARTS) is 2. The molecule has 136 valence electrons. The zero-order valence-electron chi connectivity index (χ0n) is 14.1. The van der Waals surface area contributed by atoms with Gasteiger partial charge < -0.3 is 20.7 Å². The number of rotatable bonds is 9. The summed E-state index contributed by atoms with van der Waals surface area (Å²) in [5.41, 5.74) is 7.54. The molecular weight excluding hydrogens is 334 g/mol. The minimum atomic E-state index is -1.31. The van der Waals surface area contributed by atoms with Crippen LogP contribution in [-0.4, -0.2) is 34.3 Å². The first kappa shape index (κ1) is 19.2. The van der Waals surface area contributed by atoms with Gasteiger partial charge in [0.2, 0.25) is 0 Å². The van der Waals surface area contributed by atoms with E-state index in [9.17, 15) is 9.59 Å². The minimum absolute atomic E-state index is 0.313. The van der Waals surface area contributed by atoms with Gasteiger partial charge in [0.05, 0.1) is 0 Å². The van der Waals surface area contributed by atoms with E-state index in [1.807, 2.05) is 54.6 Å². The molecule has 0 aliphatic carbocycles. The Bertz CT molecular complexity index is 756. The summed E-state index contributed by atoms with van der Waals surface area (Å²) in [6.45, 7) is 0. The molecule has 0 amide bonds. The molecule has 2 aromatic carbocycles. The van der Waals surface area contributed by atoms with E-state index >= 15 is 0 Å². The lowest BCUT2D eigenvalue weighted by molar-refractivity contribution is -0.146. The van der Waals surface area contributed by atoms with Crippen molar-refractivity contribution < 1.29 is 24.5 Å². The van der Waals surface area contributed by atoms with Gasteiger partial charge in [0.25, 0.3) is 0 Å². The van der Waals surface area contributed by atoms with Crippen LogP contribution in [0.2, 0.25) is 0 Å². The fourth-order valence-electron chi connectivity index (χ4n) is 2.29. The predicted molar refractivity (Wildman–Crippen MR) is 97.9 cm³/mol. The summed E-state index contributed by atoms with van der Waals surface area (Å²) in [5, 5.41) is 18.0. The fourth-order valence-corrected chi connectivity index (χ4v) is 2.29. The summed E-state index contributed by atoms with van der Waals surface area (Å²) in [7, 11) is 0. The zero-order valence-corrected chi connectivity index (χ0v) is 14.1. The van der Waals surface area contributed by atoms with Crippen LogP contribution in [0.5, 0.6) is 5.75 Å². The summed E-state index contributed by atoms with van der Waals surface area (Å²) in [6, 6.07) is 15.6. The van der Waals surface area contributed by atoms with Gasteiger partial charge in [0.1, 0.15) is 11.8 Å². The third kappa shape index (κ3) is 6.07. The maximum absolute atomic E-state index is 11.2. The molecule has 0 heterocycles. The molecule has 6 nitrogen and oxygen atoms in total. The summed E-state index contributed by atoms with van der Waals surface area (Å²) < 4.78 is 5.36. The van der Waals surface area contributed by atoms with Crippen molar-refractivity contribution >= 4 is 18.0 Å². The molecule has 4 N–H and O–H groups in total. The number of carbonyl (C=O) groups is 2. The van der Waals surface area contributed by atoms with E-state index in [4.69, 9.17) is 20.7 Å². The summed E-state index contributed by atoms with van der Waals surface area (Å²) in [5.74, 6) is -2.16. The average Bonchev–Trinajstić information content (AvgIpc) is 2.63. The third-order valence-corrected chi connectivity index (χ3v) is 3.73. The first-order valence-corrected chi connectivity index (χ1v) is 8.14. The quantitative estimate of drug-likeness (QED) is 0.638. The highest BCUT2D eigenvalue weighted by Gasteiger charge is 2.26. The van der Waals surface area contributed by atoms with Gasteiger partial charge in [-0.25, -0.2) is 4.79 Å². The standard InChI is InChI=1S/C20H21NO5/c21-17(19(22)23)13-18(20(24)25)26-16-11-9-15(10-12-16)8-4-7-14-5-2-1-3-6-14/h1-7,9-12,17-18H,8,13,21H2,(H,22,23)(H,24,25)/b7-4+. The van der Waals surface area contributed by atoms with Crippen LogP contribution in [0, 0.1) is 0 Å². The van der Waals surface area contributed by atoms with Gasteiger partial charge in [-0.2, -0.15) is 0 Å². The van der Waals surface area contributed by atoms with Crippen molar-refractivity contribution in [2.75, 3.05) is 0 Å². The van der Waals surface area contributed by atoms with Gasteiger partial charge in [0, 0.05) is 6.42 Å². The molecule has 0 bridgehead atoms. The highest BCUT2D eigenvalue weighted by atomic mass is 16.5. The van der Waals surface area contributed by atoms with Gasteiger partial charge in [0.15, 0.2) is 6.10 Å². The van der Waals surface area contributed by atoms with Crippen molar-refractivity contribution in [3.05, 3.63) is 71.8 Å². The largest absolute Gasteiger partial charge is 0.480 e. The molecule has 2 aromatic rings. The average molecular weight is 355 g/mol. The van der Waals surface area contributed by atoms with E-state index in [2.05, 4.69) is 0 Å². The molecule has 0 aromatic heterocycles. The Balaban J connectivity index is 1.94. The van der Waals surface area contributed by atoms with E-state index in [-0.39, 0.29) is 6.42 Å². The summed E-state index contributed by atoms with van der Waals surface area (Å²) >= 11 is 0. The second-order valence-electron chi connectivity index (χ2n) is 5.79. The molecule has 0 aliphatic heterocycles. The van der Waals surface area contributed by atoms with E-state index in [0.717, 1.165) is 17.5 Å². The molecular formula is C20H21NO5. The van der Waals surface area contributed by atoms with Gasteiger partial charge in [-0.15, -0.1) is 0 Å². The Kier molecular flexibility index (Phi) is 6.93. The molecule has 0 saturated heterocycles. The second-order valence-corrected chi connectivity index (χ2v) is 5.79. The Labute approximate surface area is 151 Å². The topological polar surface area (TPSA) is 110 Å². The molecule has 26 heavy (non-hydrogen) atoms. The van der Waals surface area contributed by atoms with Crippen LogP contribution < -0.4 is 10.5 Å². The monoisotopic (exact) mass is 355 g/mol. The predicted octanol–water partition coefficient (Wildman–Crippen LogP) is 2.58. The van der Waals surface area contributed by atoms with Crippen LogP contribution in [0.1, 0.15) is 17.5 Å². The molecule has 0 fully saturated rings. The maximum atomic E-state index is 11.2. The van der Waals surface area contributed by atoms with E-state index in [1.54, 1.807) is 12.1 Å². The molecule has 0 spiro atoms. The molecule has 6 heteroatoms. The molecule has 0 radical (unpaired) electrons. The first-order chi connectivity index (χ1) is 12.5. The lowest BCUT2D eigenvalue weighted by Crippen LogP contribution is -2.39. The Morgan fingerprint density at radius 1 is 1.00 bits per heavy atom. The number of ether oxygens (including phenoxy) is 1. The van der Waals surface area contributed by atoms with E-state index in [0.29, 0.717) is 5.75 Å². The van der Waals surface area contributed by atoms with Crippen molar-refractivity contribution in [3.8, 4) is 5.75 Å². The summed E-state index contributed by atoms with van der Waals surface area (Å²) in [6.07, 6.45) is 3.16. The van der Waals surface area contributed by atoms with Crippen molar-refractivity contribution in [1.82, 2.24) is 0 Å². The second kappa shape index (κ2) is 9.39. The molecule has 0 aliphatic rings. The lowest BCUT2D eigenvalue weighted by atomic mass is 10.1. The van der Waals surface area contributed by atoms with Crippen LogP contribution in [0.3, 0.4) is 0 Å². The van der Waals surface area contributed by atoms with Crippen LogP contribution in [0.15, 0.2) is 60.7 Å². The van der Waals surface area contributed by atoms with Gasteiger partial charge in [-0.1, -0.05) is 54.6 Å². The molecule has 0 saturated carbocycles. The Morgan fingerprint density at radius 2 is 1.65 bits per heavy atom. The lowest BCUT2D eigenvalue weighted by Gasteiger charge is -2.17. The SMILES string of the molecule is NC(CC(Oc1ccc(C/C=C/c2ccccc2)cc1)C(=O)O)C(=O)O. The maximum Gasteiger partial charge on any atom is 0.344 e. The highest BCUT2D eigenvalue weighted by Crippen LogP contribution is 2.17. The van der Waals surface area contributed by atoms with Crippen molar-refractivity contribution in [1.29, 1.82) is 0 Å². The number of benzene rings is 2. The fraction of sp³-hybridized carbons (Fsp3) is 0.200. The number of allylic oxidation sites excluding steroid dienone is 1. The van der Waals surface area contributed by atoms with Gasteiger partial charge >= 0.3 is 11.9 Å². The van der Waals surface area contributed by atoms with E-state index < -0.39 is 24.1 Å². The van der Waals surface area contributed by atoms with Crippen LogP contribution in [-0.2, 0) is 16.0 Å². The van der Waals surface area contributed by atoms with Crippen LogP contribution in [0.25, 0.3) is 6.08 Å². The number of hydrogen-bond acceptors (Lipinski definition) is 4. The van der Waals surface area contributed by atoms with Gasteiger partial charge in [-0.05, 0) is 29.7 Å². The third-order valence-electron chi connectivity index (χ3n) is 3.73. The zero-order chi connectivity index (χ0) is 18.9. The Hall–Kier alpha value is -3.12. The first-order valence-electron chi connectivity index (χ1n) is 8.14. The molecule has 2 atom stereocenters. The minimum Gasteiger partial charge on any atom is -0.480 e. The van der Waals surface area contributed by atoms with Crippen molar-refractivity contribution in [3.63, 3.8) is 0 Å². The molecule has 2 unspecified atom stereocenters. The number of carboxylic acids is 2. The smallest absolute Gasteiger partial charge is 0.344 e. The molecule has 2 rings (SSSR count). The highest BCUT2D eigenvalue weighted by molar-refractivity contribution is 5.77. The Morgan fingerprint density at radius 3 is 2.23 bits per heavy atom. The van der Waals surface area contributed by atoms with Crippen molar-refractivity contribution in [2.24, 2.45) is 5.73 Å². The van der Waals surface area contributed by atoms with Gasteiger partial charge in [-0.3, -0.25) is 4.79 Å².